The van der Waals surface area contributed by atoms with E-state index < -0.39 is 4.92 Å². The Morgan fingerprint density at radius 2 is 1.96 bits per heavy atom. The van der Waals surface area contributed by atoms with Gasteiger partial charge in [0.15, 0.2) is 0 Å². The molecule has 1 atom stereocenters. The molecule has 2 heterocycles. The second-order valence-electron chi connectivity index (χ2n) is 5.76. The molecule has 0 spiro atoms. The van der Waals surface area contributed by atoms with E-state index in [4.69, 9.17) is 4.74 Å². The lowest BCUT2D eigenvalue weighted by atomic mass is 10.0. The normalized spacial score (nSPS) is 16.4. The molecule has 2 aromatic rings. The van der Waals surface area contributed by atoms with Crippen LogP contribution in [0.5, 0.6) is 0 Å². The van der Waals surface area contributed by atoms with E-state index in [1.165, 1.54) is 24.4 Å². The van der Waals surface area contributed by atoms with Crippen molar-refractivity contribution in [3.63, 3.8) is 0 Å². The molecule has 0 bridgehead atoms. The van der Waals surface area contributed by atoms with E-state index in [9.17, 15) is 14.5 Å². The maximum atomic E-state index is 13.2. The second kappa shape index (κ2) is 8.00. The van der Waals surface area contributed by atoms with Crippen molar-refractivity contribution in [3.8, 4) is 0 Å². The summed E-state index contributed by atoms with van der Waals surface area (Å²) in [5, 5.41) is 13.9. The molecule has 8 heteroatoms. The molecular weight excluding hydrogens is 327 g/mol. The summed E-state index contributed by atoms with van der Waals surface area (Å²) in [5.41, 5.74) is 0.950. The molecule has 1 aliphatic rings. The highest BCUT2D eigenvalue weighted by Crippen LogP contribution is 2.23. The number of nitro groups is 1. The van der Waals surface area contributed by atoms with Crippen LogP contribution in [0.4, 0.5) is 15.9 Å². The van der Waals surface area contributed by atoms with Crippen molar-refractivity contribution in [2.45, 2.75) is 6.04 Å². The Morgan fingerprint density at radius 3 is 2.56 bits per heavy atom. The third-order valence-corrected chi connectivity index (χ3v) is 4.18. The maximum Gasteiger partial charge on any atom is 0.287 e. The number of nitrogens with zero attached hydrogens (tertiary/aromatic N) is 3. The Bertz CT molecular complexity index is 703. The predicted molar refractivity (Wildman–Crippen MR) is 90.9 cm³/mol. The summed E-state index contributed by atoms with van der Waals surface area (Å²) in [6, 6.07) is 9.48. The molecule has 3 rings (SSSR count). The first-order valence-electron chi connectivity index (χ1n) is 8.05. The van der Waals surface area contributed by atoms with Gasteiger partial charge in [0, 0.05) is 25.7 Å². The van der Waals surface area contributed by atoms with Gasteiger partial charge >= 0.3 is 0 Å². The summed E-state index contributed by atoms with van der Waals surface area (Å²) >= 11 is 0. The molecule has 1 aliphatic heterocycles. The molecule has 1 aromatic heterocycles. The summed E-state index contributed by atoms with van der Waals surface area (Å²) in [5.74, 6) is 0.292. The Labute approximate surface area is 144 Å². The third-order valence-electron chi connectivity index (χ3n) is 4.18. The highest BCUT2D eigenvalue weighted by Gasteiger charge is 2.22. The quantitative estimate of drug-likeness (QED) is 0.640. The number of nitrogens with one attached hydrogen (secondary N) is 1. The lowest BCUT2D eigenvalue weighted by Gasteiger charge is -2.35. The van der Waals surface area contributed by atoms with Crippen LogP contribution in [-0.4, -0.2) is 47.7 Å². The molecule has 1 fully saturated rings. The van der Waals surface area contributed by atoms with Crippen molar-refractivity contribution >= 4 is 11.5 Å². The number of ether oxygens (including phenoxy) is 1. The number of halogens is 1. The summed E-state index contributed by atoms with van der Waals surface area (Å²) in [6.07, 6.45) is 1.23. The third kappa shape index (κ3) is 4.49. The number of hydrogen-bond acceptors (Lipinski definition) is 6. The molecule has 25 heavy (non-hydrogen) atoms. The first-order valence-corrected chi connectivity index (χ1v) is 8.05. The van der Waals surface area contributed by atoms with Crippen LogP contribution >= 0.6 is 0 Å². The summed E-state index contributed by atoms with van der Waals surface area (Å²) in [7, 11) is 0. The average molecular weight is 346 g/mol. The van der Waals surface area contributed by atoms with Gasteiger partial charge in [0.2, 0.25) is 0 Å². The van der Waals surface area contributed by atoms with Crippen LogP contribution in [0, 0.1) is 15.9 Å². The molecule has 0 aliphatic carbocycles. The van der Waals surface area contributed by atoms with Gasteiger partial charge in [-0.15, -0.1) is 0 Å². The molecule has 0 saturated carbocycles. The fraction of sp³-hybridized carbons (Fsp3) is 0.353. The van der Waals surface area contributed by atoms with E-state index in [-0.39, 0.29) is 17.5 Å². The van der Waals surface area contributed by atoms with Crippen LogP contribution in [0.15, 0.2) is 42.6 Å². The van der Waals surface area contributed by atoms with Gasteiger partial charge < -0.3 is 10.1 Å². The number of benzene rings is 1. The predicted octanol–water partition coefficient (Wildman–Crippen LogP) is 2.61. The minimum absolute atomic E-state index is 0.0292. The highest BCUT2D eigenvalue weighted by atomic mass is 19.1. The topological polar surface area (TPSA) is 80.5 Å². The van der Waals surface area contributed by atoms with Crippen LogP contribution in [-0.2, 0) is 4.74 Å². The van der Waals surface area contributed by atoms with Crippen LogP contribution in [0.2, 0.25) is 0 Å². The van der Waals surface area contributed by atoms with E-state index >= 15 is 0 Å². The molecule has 132 valence electrons. The lowest BCUT2D eigenvalue weighted by Crippen LogP contribution is -2.41. The number of aromatic nitrogens is 1. The molecule has 0 amide bonds. The minimum Gasteiger partial charge on any atom is -0.379 e. The van der Waals surface area contributed by atoms with Gasteiger partial charge in [-0.3, -0.25) is 15.0 Å². The van der Waals surface area contributed by atoms with Crippen LogP contribution in [0.3, 0.4) is 0 Å². The molecule has 1 aromatic carbocycles. The first-order chi connectivity index (χ1) is 12.1. The van der Waals surface area contributed by atoms with Gasteiger partial charge in [-0.2, -0.15) is 0 Å². The van der Waals surface area contributed by atoms with Gasteiger partial charge in [0.05, 0.1) is 24.2 Å². The molecule has 1 saturated heterocycles. The number of anilines is 1. The standard InChI is InChI=1S/C17H19FN4O3/c18-14-3-1-13(2-4-14)16(21-7-9-25-10-8-21)12-20-17-6-5-15(11-19-17)22(23)24/h1-6,11,16H,7-10,12H2,(H,19,20). The van der Waals surface area contributed by atoms with Crippen molar-refractivity contribution in [1.29, 1.82) is 0 Å². The van der Waals surface area contributed by atoms with Crippen molar-refractivity contribution in [1.82, 2.24) is 9.88 Å². The zero-order valence-corrected chi connectivity index (χ0v) is 13.6. The highest BCUT2D eigenvalue weighted by molar-refractivity contribution is 5.40. The Morgan fingerprint density at radius 1 is 1.24 bits per heavy atom. The van der Waals surface area contributed by atoms with Gasteiger partial charge in [-0.05, 0) is 23.8 Å². The van der Waals surface area contributed by atoms with E-state index in [0.29, 0.717) is 25.6 Å². The van der Waals surface area contributed by atoms with Crippen LogP contribution in [0.1, 0.15) is 11.6 Å². The number of morpholine rings is 1. The summed E-state index contributed by atoms with van der Waals surface area (Å²) in [4.78, 5) is 16.6. The first kappa shape index (κ1) is 17.2. The molecule has 1 N–H and O–H groups in total. The smallest absolute Gasteiger partial charge is 0.287 e. The van der Waals surface area contributed by atoms with Gasteiger partial charge in [0.25, 0.3) is 5.69 Å². The van der Waals surface area contributed by atoms with Crippen LogP contribution < -0.4 is 5.32 Å². The van der Waals surface area contributed by atoms with Gasteiger partial charge in [-0.25, -0.2) is 9.37 Å². The van der Waals surface area contributed by atoms with Crippen molar-refractivity contribution < 1.29 is 14.1 Å². The molecule has 0 radical (unpaired) electrons. The SMILES string of the molecule is O=[N+]([O-])c1ccc(NCC(c2ccc(F)cc2)N2CCOCC2)nc1. The number of pyridine rings is 1. The van der Waals surface area contributed by atoms with Crippen LogP contribution in [0.25, 0.3) is 0 Å². The minimum atomic E-state index is -0.480. The lowest BCUT2D eigenvalue weighted by molar-refractivity contribution is -0.385. The van der Waals surface area contributed by atoms with Crippen molar-refractivity contribution in [2.24, 2.45) is 0 Å². The van der Waals surface area contributed by atoms with Crippen molar-refractivity contribution in [3.05, 3.63) is 64.1 Å². The summed E-state index contributed by atoms with van der Waals surface area (Å²) < 4.78 is 18.6. The number of rotatable bonds is 6. The molecule has 1 unspecified atom stereocenters. The van der Waals surface area contributed by atoms with Crippen molar-refractivity contribution in [2.75, 3.05) is 38.2 Å². The second-order valence-corrected chi connectivity index (χ2v) is 5.76. The molecule has 7 nitrogen and oxygen atoms in total. The fourth-order valence-electron chi connectivity index (χ4n) is 2.83. The largest absolute Gasteiger partial charge is 0.379 e. The van der Waals surface area contributed by atoms with E-state index in [1.807, 2.05) is 0 Å². The van der Waals surface area contributed by atoms with Gasteiger partial charge in [0.1, 0.15) is 17.8 Å². The molecular formula is C17H19FN4O3. The number of hydrogen-bond donors (Lipinski definition) is 1. The van der Waals surface area contributed by atoms with E-state index in [1.54, 1.807) is 18.2 Å². The summed E-state index contributed by atoms with van der Waals surface area (Å²) in [6.45, 7) is 3.45. The Hall–Kier alpha value is -2.58. The maximum absolute atomic E-state index is 13.2. The fourth-order valence-corrected chi connectivity index (χ4v) is 2.83. The zero-order valence-electron chi connectivity index (χ0n) is 13.6. The van der Waals surface area contributed by atoms with Gasteiger partial charge in [-0.1, -0.05) is 12.1 Å². The monoisotopic (exact) mass is 346 g/mol. The van der Waals surface area contributed by atoms with E-state index in [2.05, 4.69) is 15.2 Å². The average Bonchev–Trinajstić information content (AvgIpc) is 2.64. The van der Waals surface area contributed by atoms with E-state index in [0.717, 1.165) is 18.7 Å². The zero-order chi connectivity index (χ0) is 17.6. The Kier molecular flexibility index (Phi) is 5.52. The Balaban J connectivity index is 1.72.